The normalized spacial score (nSPS) is 15.3. The lowest BCUT2D eigenvalue weighted by Gasteiger charge is -2.16. The average Bonchev–Trinajstić information content (AvgIpc) is 3.48. The maximum absolute atomic E-state index is 6.12. The van der Waals surface area contributed by atoms with Crippen LogP contribution in [-0.4, -0.2) is 55.0 Å². The molecule has 0 saturated carbocycles. The summed E-state index contributed by atoms with van der Waals surface area (Å²) >= 11 is 3.47. The number of halogens is 1. The number of aromatic nitrogens is 2. The molecule has 1 fully saturated rings. The number of methoxy groups -OCH3 is 1. The van der Waals surface area contributed by atoms with Gasteiger partial charge in [0, 0.05) is 17.1 Å². The third-order valence-electron chi connectivity index (χ3n) is 5.57. The van der Waals surface area contributed by atoms with E-state index < -0.39 is 0 Å². The molecule has 2 aliphatic heterocycles. The van der Waals surface area contributed by atoms with E-state index in [0.29, 0.717) is 52.1 Å². The number of likely N-dealkylation sites (tertiary alicyclic amines) is 1. The maximum Gasteiger partial charge on any atom is 0.231 e. The van der Waals surface area contributed by atoms with Gasteiger partial charge in [-0.05, 0) is 50.6 Å². The Morgan fingerprint density at radius 2 is 1.91 bits per heavy atom. The van der Waals surface area contributed by atoms with Crippen LogP contribution in [-0.2, 0) is 0 Å². The van der Waals surface area contributed by atoms with Crippen LogP contribution in [0.2, 0.25) is 0 Å². The van der Waals surface area contributed by atoms with Crippen LogP contribution in [0.3, 0.4) is 0 Å². The third kappa shape index (κ3) is 4.40. The van der Waals surface area contributed by atoms with Crippen LogP contribution in [0.4, 0.5) is 0 Å². The molecule has 0 N–H and O–H groups in total. The smallest absolute Gasteiger partial charge is 0.231 e. The van der Waals surface area contributed by atoms with Gasteiger partial charge < -0.3 is 28.6 Å². The van der Waals surface area contributed by atoms with Crippen molar-refractivity contribution in [3.8, 4) is 34.6 Å². The van der Waals surface area contributed by atoms with Gasteiger partial charge in [0.05, 0.1) is 24.6 Å². The summed E-state index contributed by atoms with van der Waals surface area (Å²) in [6.07, 6.45) is 5.03. The molecule has 3 aromatic rings. The van der Waals surface area contributed by atoms with Crippen molar-refractivity contribution >= 4 is 26.8 Å². The molecule has 5 rings (SSSR count). The van der Waals surface area contributed by atoms with E-state index in [9.17, 15) is 0 Å². The molecular weight excluding hydrogens is 478 g/mol. The Balaban J connectivity index is 1.37. The number of hydrogen-bond acceptors (Lipinski definition) is 8. The molecule has 2 aromatic carbocycles. The minimum atomic E-state index is 0.152. The van der Waals surface area contributed by atoms with Crippen molar-refractivity contribution in [2.24, 2.45) is 0 Å². The number of nitrogens with zero attached hydrogens (tertiary/aromatic N) is 3. The monoisotopic (exact) mass is 501 g/mol. The number of fused-ring (bicyclic) bond motifs is 2. The van der Waals surface area contributed by atoms with Gasteiger partial charge in [0.15, 0.2) is 23.0 Å². The molecule has 0 aliphatic carbocycles. The molecule has 9 heteroatoms. The summed E-state index contributed by atoms with van der Waals surface area (Å²) in [5.74, 6) is 3.33. The van der Waals surface area contributed by atoms with E-state index in [-0.39, 0.29) is 6.79 Å². The fourth-order valence-corrected chi connectivity index (χ4v) is 4.41. The highest BCUT2D eigenvalue weighted by Crippen LogP contribution is 2.46. The summed E-state index contributed by atoms with van der Waals surface area (Å²) in [5.41, 5.74) is 0.703. The van der Waals surface area contributed by atoms with Gasteiger partial charge in [-0.1, -0.05) is 15.9 Å². The van der Waals surface area contributed by atoms with E-state index in [1.54, 1.807) is 7.11 Å². The van der Waals surface area contributed by atoms with Gasteiger partial charge in [0.1, 0.15) is 6.33 Å². The van der Waals surface area contributed by atoms with Crippen LogP contribution in [0, 0.1) is 0 Å². The topological polar surface area (TPSA) is 75.2 Å². The molecule has 3 heterocycles. The van der Waals surface area contributed by atoms with Crippen molar-refractivity contribution in [1.82, 2.24) is 14.9 Å². The summed E-state index contributed by atoms with van der Waals surface area (Å²) in [6.45, 7) is 4.21. The summed E-state index contributed by atoms with van der Waals surface area (Å²) in [4.78, 5) is 11.2. The number of rotatable bonds is 8. The molecule has 1 saturated heterocycles. The Morgan fingerprint density at radius 3 is 2.75 bits per heavy atom. The van der Waals surface area contributed by atoms with Gasteiger partial charge >= 0.3 is 0 Å². The first kappa shape index (κ1) is 21.1. The Kier molecular flexibility index (Phi) is 6.18. The van der Waals surface area contributed by atoms with Gasteiger partial charge in [-0.25, -0.2) is 9.97 Å². The van der Waals surface area contributed by atoms with E-state index in [1.165, 1.54) is 32.3 Å². The average molecular weight is 502 g/mol. The first-order chi connectivity index (χ1) is 15.7. The summed E-state index contributed by atoms with van der Waals surface area (Å²) in [5, 5.41) is 0.710. The van der Waals surface area contributed by atoms with Crippen LogP contribution < -0.4 is 23.7 Å². The second-order valence-electron chi connectivity index (χ2n) is 7.69. The fourth-order valence-electron chi connectivity index (χ4n) is 4.00. The Bertz CT molecular complexity index is 1120. The quantitative estimate of drug-likeness (QED) is 0.408. The zero-order valence-corrected chi connectivity index (χ0v) is 19.4. The summed E-state index contributed by atoms with van der Waals surface area (Å²) in [7, 11) is 1.62. The van der Waals surface area contributed by atoms with Crippen molar-refractivity contribution < 1.29 is 23.7 Å². The van der Waals surface area contributed by atoms with E-state index in [4.69, 9.17) is 23.7 Å². The number of hydrogen-bond donors (Lipinski definition) is 0. The van der Waals surface area contributed by atoms with E-state index in [1.807, 2.05) is 24.3 Å². The summed E-state index contributed by atoms with van der Waals surface area (Å²) < 4.78 is 29.6. The Morgan fingerprint density at radius 1 is 1.03 bits per heavy atom. The SMILES string of the molecule is COc1cc2c(Oc3cc(Br)cc4c3OCO4)ncnc2cc1OCCCN1CCCC1. The van der Waals surface area contributed by atoms with Crippen LogP contribution in [0.1, 0.15) is 19.3 Å². The molecule has 0 spiro atoms. The second-order valence-corrected chi connectivity index (χ2v) is 8.61. The molecule has 168 valence electrons. The number of ether oxygens (including phenoxy) is 5. The highest BCUT2D eigenvalue weighted by Gasteiger charge is 2.22. The second kappa shape index (κ2) is 9.38. The van der Waals surface area contributed by atoms with Crippen LogP contribution in [0.15, 0.2) is 35.1 Å². The molecule has 2 aliphatic rings. The maximum atomic E-state index is 6.12. The fraction of sp³-hybridized carbons (Fsp3) is 0.391. The predicted octanol–water partition coefficient (Wildman–Crippen LogP) is 4.79. The molecule has 0 atom stereocenters. The Hall–Kier alpha value is -2.78. The van der Waals surface area contributed by atoms with Gasteiger partial charge in [-0.2, -0.15) is 0 Å². The van der Waals surface area contributed by atoms with Gasteiger partial charge in [0.2, 0.25) is 18.4 Å². The van der Waals surface area contributed by atoms with Crippen LogP contribution >= 0.6 is 15.9 Å². The van der Waals surface area contributed by atoms with Crippen molar-refractivity contribution in [2.45, 2.75) is 19.3 Å². The van der Waals surface area contributed by atoms with Crippen LogP contribution in [0.25, 0.3) is 10.9 Å². The standard InChI is InChI=1S/C23H24BrN3O5/c1-28-18-11-16-17(12-19(18)29-8-4-7-27-5-2-3-6-27)25-13-26-23(16)32-21-10-15(24)9-20-22(21)31-14-30-20/h9-13H,2-8,14H2,1H3. The van der Waals surface area contributed by atoms with E-state index in [2.05, 4.69) is 30.8 Å². The summed E-state index contributed by atoms with van der Waals surface area (Å²) in [6, 6.07) is 7.36. The highest BCUT2D eigenvalue weighted by atomic mass is 79.9. The lowest BCUT2D eigenvalue weighted by Crippen LogP contribution is -2.21. The van der Waals surface area contributed by atoms with Gasteiger partial charge in [-0.15, -0.1) is 0 Å². The van der Waals surface area contributed by atoms with Crippen LogP contribution in [0.5, 0.6) is 34.6 Å². The largest absolute Gasteiger partial charge is 0.493 e. The molecule has 0 amide bonds. The molecule has 32 heavy (non-hydrogen) atoms. The molecule has 0 radical (unpaired) electrons. The van der Waals surface area contributed by atoms with Gasteiger partial charge in [-0.3, -0.25) is 0 Å². The lowest BCUT2D eigenvalue weighted by molar-refractivity contribution is 0.171. The highest BCUT2D eigenvalue weighted by molar-refractivity contribution is 9.10. The molecule has 0 unspecified atom stereocenters. The zero-order valence-electron chi connectivity index (χ0n) is 17.8. The molecular formula is C23H24BrN3O5. The van der Waals surface area contributed by atoms with Crippen molar-refractivity contribution in [2.75, 3.05) is 40.1 Å². The third-order valence-corrected chi connectivity index (χ3v) is 6.03. The molecule has 0 bridgehead atoms. The van der Waals surface area contributed by atoms with E-state index >= 15 is 0 Å². The van der Waals surface area contributed by atoms with Crippen molar-refractivity contribution in [1.29, 1.82) is 0 Å². The Labute approximate surface area is 194 Å². The van der Waals surface area contributed by atoms with Crippen molar-refractivity contribution in [3.63, 3.8) is 0 Å². The minimum absolute atomic E-state index is 0.152. The number of benzene rings is 2. The minimum Gasteiger partial charge on any atom is -0.493 e. The predicted molar refractivity (Wildman–Crippen MR) is 122 cm³/mol. The van der Waals surface area contributed by atoms with Gasteiger partial charge in [0.25, 0.3) is 0 Å². The lowest BCUT2D eigenvalue weighted by atomic mass is 10.2. The van der Waals surface area contributed by atoms with Crippen molar-refractivity contribution in [3.05, 3.63) is 35.1 Å². The molecule has 1 aromatic heterocycles. The molecule has 8 nitrogen and oxygen atoms in total. The zero-order chi connectivity index (χ0) is 21.9. The van der Waals surface area contributed by atoms with E-state index in [0.717, 1.165) is 17.4 Å². The first-order valence-electron chi connectivity index (χ1n) is 10.7. The first-order valence-corrected chi connectivity index (χ1v) is 11.5.